The molecule has 0 spiro atoms. The van der Waals surface area contributed by atoms with Crippen LogP contribution in [0.4, 0.5) is 11.4 Å². The molecule has 1 N–H and O–H groups in total. The second kappa shape index (κ2) is 6.79. The predicted molar refractivity (Wildman–Crippen MR) is 105 cm³/mol. The number of anilines is 2. The van der Waals surface area contributed by atoms with E-state index in [1.54, 1.807) is 12.1 Å². The average molecular weight is 364 g/mol. The van der Waals surface area contributed by atoms with Crippen LogP contribution in [0.15, 0.2) is 57.7 Å². The zero-order valence-corrected chi connectivity index (χ0v) is 15.0. The first-order valence-electron chi connectivity index (χ1n) is 8.90. The smallest absolute Gasteiger partial charge is 0.360 e. The highest BCUT2D eigenvalue weighted by molar-refractivity contribution is 5.99. The van der Waals surface area contributed by atoms with Crippen LogP contribution in [-0.4, -0.2) is 31.2 Å². The van der Waals surface area contributed by atoms with Gasteiger partial charge in [-0.2, -0.15) is 0 Å². The van der Waals surface area contributed by atoms with Gasteiger partial charge in [-0.05, 0) is 48.7 Å². The first kappa shape index (κ1) is 17.1. The largest absolute Gasteiger partial charge is 0.508 e. The molecule has 6 nitrogen and oxygen atoms in total. The summed E-state index contributed by atoms with van der Waals surface area (Å²) < 4.78 is 5.41. The number of likely N-dealkylation sites (N-methyl/N-ethyl adjacent to an activating group) is 1. The molecule has 1 amide bonds. The minimum Gasteiger partial charge on any atom is -0.508 e. The first-order chi connectivity index (χ1) is 13.0. The molecule has 1 aromatic heterocycles. The minimum absolute atomic E-state index is 0.103. The van der Waals surface area contributed by atoms with E-state index in [1.165, 1.54) is 11.0 Å². The number of rotatable bonds is 3. The number of hydrogen-bond acceptors (Lipinski definition) is 5. The summed E-state index contributed by atoms with van der Waals surface area (Å²) in [7, 11) is 1.85. The van der Waals surface area contributed by atoms with Gasteiger partial charge in [0.2, 0.25) is 5.91 Å². The van der Waals surface area contributed by atoms with E-state index in [-0.39, 0.29) is 18.2 Å². The number of carbonyl (C=O) groups is 1. The molecule has 0 radical (unpaired) electrons. The van der Waals surface area contributed by atoms with Gasteiger partial charge < -0.3 is 19.3 Å². The Hall–Kier alpha value is -3.28. The third-order valence-electron chi connectivity index (χ3n) is 4.92. The Morgan fingerprint density at radius 2 is 2.00 bits per heavy atom. The van der Waals surface area contributed by atoms with Crippen LogP contribution in [0.3, 0.4) is 0 Å². The van der Waals surface area contributed by atoms with E-state index < -0.39 is 5.63 Å². The van der Waals surface area contributed by atoms with Gasteiger partial charge in [0.1, 0.15) is 17.0 Å². The Kier molecular flexibility index (Phi) is 4.32. The van der Waals surface area contributed by atoms with Crippen molar-refractivity contribution >= 4 is 28.3 Å². The fourth-order valence-corrected chi connectivity index (χ4v) is 3.61. The van der Waals surface area contributed by atoms with Crippen LogP contribution in [0.1, 0.15) is 12.0 Å². The second-order valence-corrected chi connectivity index (χ2v) is 6.74. The van der Waals surface area contributed by atoms with Crippen molar-refractivity contribution in [1.29, 1.82) is 0 Å². The minimum atomic E-state index is -0.515. The molecule has 6 heteroatoms. The Balaban J connectivity index is 1.70. The molecule has 1 aliphatic rings. The molecular weight excluding hydrogens is 344 g/mol. The molecule has 2 aromatic carbocycles. The van der Waals surface area contributed by atoms with E-state index in [1.807, 2.05) is 42.3 Å². The number of amides is 1. The van der Waals surface area contributed by atoms with E-state index in [9.17, 15) is 14.7 Å². The number of phenolic OH excluding ortho intramolecular Hbond substituents is 1. The highest BCUT2D eigenvalue weighted by Gasteiger charge is 2.29. The van der Waals surface area contributed by atoms with Crippen molar-refractivity contribution < 1.29 is 14.3 Å². The summed E-state index contributed by atoms with van der Waals surface area (Å²) >= 11 is 0. The number of phenols is 1. The van der Waals surface area contributed by atoms with Gasteiger partial charge in [0.15, 0.2) is 0 Å². The number of hydrogen-bond donors (Lipinski definition) is 1. The van der Waals surface area contributed by atoms with Gasteiger partial charge in [-0.25, -0.2) is 4.79 Å². The zero-order valence-electron chi connectivity index (χ0n) is 15.0. The molecule has 3 aromatic rings. The molecule has 0 saturated heterocycles. The summed E-state index contributed by atoms with van der Waals surface area (Å²) in [5.41, 5.74) is 1.90. The van der Waals surface area contributed by atoms with E-state index in [2.05, 4.69) is 0 Å². The van der Waals surface area contributed by atoms with Crippen LogP contribution in [-0.2, 0) is 11.2 Å². The van der Waals surface area contributed by atoms with Crippen molar-refractivity contribution in [3.8, 4) is 5.75 Å². The lowest BCUT2D eigenvalue weighted by Crippen LogP contribution is -2.44. The molecule has 4 rings (SSSR count). The van der Waals surface area contributed by atoms with E-state index in [0.29, 0.717) is 29.6 Å². The molecule has 27 heavy (non-hydrogen) atoms. The van der Waals surface area contributed by atoms with E-state index >= 15 is 0 Å². The van der Waals surface area contributed by atoms with Gasteiger partial charge in [0.25, 0.3) is 0 Å². The van der Waals surface area contributed by atoms with Gasteiger partial charge >= 0.3 is 5.63 Å². The Bertz CT molecular complexity index is 1060. The normalized spacial score (nSPS) is 13.4. The average Bonchev–Trinajstić information content (AvgIpc) is 2.69. The molecule has 0 unspecified atom stereocenters. The standard InChI is InChI=1S/C21H20N2O4/c1-22(14-6-3-2-4-7-14)13-19(25)23-11-5-8-16-17-12-15(24)9-10-18(17)27-21(26)20(16)23/h2-4,6-7,9-10,12,24H,5,8,11,13H2,1H3. The van der Waals surface area contributed by atoms with Gasteiger partial charge in [-0.3, -0.25) is 4.79 Å². The van der Waals surface area contributed by atoms with Gasteiger partial charge in [-0.15, -0.1) is 0 Å². The van der Waals surface area contributed by atoms with Crippen molar-refractivity contribution in [3.05, 3.63) is 64.5 Å². The molecule has 2 heterocycles. The fraction of sp³-hybridized carbons (Fsp3) is 0.238. The van der Waals surface area contributed by atoms with Crippen LogP contribution < -0.4 is 15.4 Å². The number of aromatic hydroxyl groups is 1. The van der Waals surface area contributed by atoms with Crippen molar-refractivity contribution in [3.63, 3.8) is 0 Å². The number of carbonyl (C=O) groups excluding carboxylic acids is 1. The summed E-state index contributed by atoms with van der Waals surface area (Å²) in [5.74, 6) is -0.0556. The van der Waals surface area contributed by atoms with Crippen LogP contribution in [0.5, 0.6) is 5.75 Å². The number of benzene rings is 2. The summed E-state index contributed by atoms with van der Waals surface area (Å²) in [4.78, 5) is 28.9. The first-order valence-corrected chi connectivity index (χ1v) is 8.90. The molecule has 0 aliphatic carbocycles. The molecule has 0 saturated carbocycles. The maximum absolute atomic E-state index is 13.0. The van der Waals surface area contributed by atoms with Crippen LogP contribution in [0.25, 0.3) is 11.0 Å². The fourth-order valence-electron chi connectivity index (χ4n) is 3.61. The summed E-state index contributed by atoms with van der Waals surface area (Å²) in [6.07, 6.45) is 1.42. The van der Waals surface area contributed by atoms with Crippen LogP contribution >= 0.6 is 0 Å². The monoisotopic (exact) mass is 364 g/mol. The highest BCUT2D eigenvalue weighted by atomic mass is 16.4. The van der Waals surface area contributed by atoms with Gasteiger partial charge in [0.05, 0.1) is 6.54 Å². The van der Waals surface area contributed by atoms with Crippen molar-refractivity contribution in [2.75, 3.05) is 29.9 Å². The molecule has 138 valence electrons. The number of nitrogens with zero attached hydrogens (tertiary/aromatic N) is 2. The lowest BCUT2D eigenvalue weighted by Gasteiger charge is -2.30. The topological polar surface area (TPSA) is 74.0 Å². The number of fused-ring (bicyclic) bond motifs is 3. The van der Waals surface area contributed by atoms with Crippen molar-refractivity contribution in [2.24, 2.45) is 0 Å². The van der Waals surface area contributed by atoms with Crippen LogP contribution in [0.2, 0.25) is 0 Å². The molecule has 1 aliphatic heterocycles. The molecule has 0 bridgehead atoms. The van der Waals surface area contributed by atoms with Crippen LogP contribution in [0, 0.1) is 0 Å². The Morgan fingerprint density at radius 1 is 1.22 bits per heavy atom. The SMILES string of the molecule is CN(CC(=O)N1CCCc2c1c(=O)oc1ccc(O)cc21)c1ccccc1. The summed E-state index contributed by atoms with van der Waals surface area (Å²) in [6, 6.07) is 14.3. The van der Waals surface area contributed by atoms with E-state index in [4.69, 9.17) is 4.42 Å². The molecule has 0 atom stereocenters. The number of aryl methyl sites for hydroxylation is 1. The molecular formula is C21H20N2O4. The lowest BCUT2D eigenvalue weighted by atomic mass is 9.98. The predicted octanol–water partition coefficient (Wildman–Crippen LogP) is 2.91. The highest BCUT2D eigenvalue weighted by Crippen LogP contribution is 2.32. The van der Waals surface area contributed by atoms with Crippen molar-refractivity contribution in [1.82, 2.24) is 0 Å². The molecule has 0 fully saturated rings. The number of para-hydroxylation sites is 1. The van der Waals surface area contributed by atoms with Crippen molar-refractivity contribution in [2.45, 2.75) is 12.8 Å². The lowest BCUT2D eigenvalue weighted by molar-refractivity contribution is -0.117. The van der Waals surface area contributed by atoms with Gasteiger partial charge in [0, 0.05) is 24.7 Å². The van der Waals surface area contributed by atoms with E-state index in [0.717, 1.165) is 17.7 Å². The second-order valence-electron chi connectivity index (χ2n) is 6.74. The Labute approximate surface area is 156 Å². The summed E-state index contributed by atoms with van der Waals surface area (Å²) in [5, 5.41) is 10.5. The third-order valence-corrected chi connectivity index (χ3v) is 4.92. The summed E-state index contributed by atoms with van der Waals surface area (Å²) in [6.45, 7) is 0.629. The third kappa shape index (κ3) is 3.14. The maximum Gasteiger partial charge on any atom is 0.360 e. The van der Waals surface area contributed by atoms with Gasteiger partial charge in [-0.1, -0.05) is 18.2 Å². The zero-order chi connectivity index (χ0) is 19.0. The maximum atomic E-state index is 13.0. The quantitative estimate of drug-likeness (QED) is 0.724. The Morgan fingerprint density at radius 3 is 2.78 bits per heavy atom.